The first-order valence-electron chi connectivity index (χ1n) is 4.32. The molecule has 4 nitrogen and oxygen atoms in total. The minimum absolute atomic E-state index is 0.384. The second kappa shape index (κ2) is 4.34. The molecule has 0 amide bonds. The number of benzene rings is 1. The quantitative estimate of drug-likeness (QED) is 0.867. The number of methoxy groups -OCH3 is 1. The summed E-state index contributed by atoms with van der Waals surface area (Å²) in [7, 11) is -3.34. The molecule has 0 saturated heterocycles. The highest BCUT2D eigenvalue weighted by Gasteiger charge is 2.44. The highest BCUT2D eigenvalue weighted by Crippen LogP contribution is 2.28. The number of sulfone groups is 1. The van der Waals surface area contributed by atoms with E-state index in [0.717, 1.165) is 12.1 Å². The maximum Gasteiger partial charge on any atom is 0.361 e. The zero-order valence-corrected chi connectivity index (χ0v) is 9.30. The SMILES string of the molecule is COc1ccc(S(=O)(=O)C(F)(F)CN)cc1. The molecule has 16 heavy (non-hydrogen) atoms. The van der Waals surface area contributed by atoms with Crippen molar-refractivity contribution < 1.29 is 21.9 Å². The molecule has 1 aromatic carbocycles. The lowest BCUT2D eigenvalue weighted by molar-refractivity contribution is 0.102. The van der Waals surface area contributed by atoms with E-state index in [1.807, 2.05) is 0 Å². The lowest BCUT2D eigenvalue weighted by Gasteiger charge is -2.14. The molecule has 1 rings (SSSR count). The molecule has 90 valence electrons. The van der Waals surface area contributed by atoms with Crippen LogP contribution in [0.25, 0.3) is 0 Å². The van der Waals surface area contributed by atoms with Crippen molar-refractivity contribution in [2.24, 2.45) is 5.73 Å². The van der Waals surface area contributed by atoms with E-state index < -0.39 is 26.5 Å². The van der Waals surface area contributed by atoms with Gasteiger partial charge in [-0.15, -0.1) is 0 Å². The zero-order valence-electron chi connectivity index (χ0n) is 8.48. The highest BCUT2D eigenvalue weighted by atomic mass is 32.2. The first-order valence-corrected chi connectivity index (χ1v) is 5.80. The number of rotatable bonds is 4. The van der Waals surface area contributed by atoms with Crippen LogP contribution in [0.3, 0.4) is 0 Å². The molecule has 0 aliphatic heterocycles. The van der Waals surface area contributed by atoms with Crippen molar-refractivity contribution in [2.45, 2.75) is 10.2 Å². The summed E-state index contributed by atoms with van der Waals surface area (Å²) < 4.78 is 53.7. The maximum atomic E-state index is 13.1. The maximum absolute atomic E-state index is 13.1. The van der Waals surface area contributed by atoms with Crippen LogP contribution >= 0.6 is 0 Å². The van der Waals surface area contributed by atoms with Crippen LogP contribution < -0.4 is 10.5 Å². The van der Waals surface area contributed by atoms with E-state index in [-0.39, 0.29) is 0 Å². The first-order chi connectivity index (χ1) is 7.35. The first kappa shape index (κ1) is 12.9. The van der Waals surface area contributed by atoms with Crippen LogP contribution in [0.1, 0.15) is 0 Å². The number of hydrogen-bond donors (Lipinski definition) is 1. The largest absolute Gasteiger partial charge is 0.497 e. The lowest BCUT2D eigenvalue weighted by Crippen LogP contribution is -2.36. The van der Waals surface area contributed by atoms with Crippen molar-refractivity contribution in [3.63, 3.8) is 0 Å². The van der Waals surface area contributed by atoms with Gasteiger partial charge in [-0.3, -0.25) is 0 Å². The molecule has 0 atom stereocenters. The molecule has 2 N–H and O–H groups in total. The smallest absolute Gasteiger partial charge is 0.361 e. The van der Waals surface area contributed by atoms with Crippen LogP contribution in [0.15, 0.2) is 29.2 Å². The molecule has 0 spiro atoms. The Morgan fingerprint density at radius 2 is 1.81 bits per heavy atom. The van der Waals surface area contributed by atoms with Crippen molar-refractivity contribution in [1.82, 2.24) is 0 Å². The molecule has 0 fully saturated rings. The predicted octanol–water partition coefficient (Wildman–Crippen LogP) is 1.02. The minimum atomic E-state index is -4.73. The van der Waals surface area contributed by atoms with Crippen LogP contribution in [0, 0.1) is 0 Å². The van der Waals surface area contributed by atoms with Crippen molar-refractivity contribution in [3.05, 3.63) is 24.3 Å². The topological polar surface area (TPSA) is 69.4 Å². The summed E-state index contributed by atoms with van der Waals surface area (Å²) in [5.74, 6) is 0.384. The van der Waals surface area contributed by atoms with Crippen LogP contribution in [-0.2, 0) is 9.84 Å². The molecule has 0 saturated carbocycles. The third-order valence-corrected chi connectivity index (χ3v) is 3.85. The molecule has 0 heterocycles. The third kappa shape index (κ3) is 2.14. The molecule has 7 heteroatoms. The van der Waals surface area contributed by atoms with Gasteiger partial charge in [-0.05, 0) is 24.3 Å². The normalized spacial score (nSPS) is 12.5. The van der Waals surface area contributed by atoms with Gasteiger partial charge in [0.25, 0.3) is 0 Å². The Balaban J connectivity index is 3.18. The standard InChI is InChI=1S/C9H11F2NO3S/c1-15-7-2-4-8(5-3-7)16(13,14)9(10,11)6-12/h2-5H,6,12H2,1H3. The van der Waals surface area contributed by atoms with E-state index in [0.29, 0.717) is 5.75 Å². The molecule has 0 radical (unpaired) electrons. The van der Waals surface area contributed by atoms with Crippen molar-refractivity contribution in [1.29, 1.82) is 0 Å². The molecular weight excluding hydrogens is 240 g/mol. The van der Waals surface area contributed by atoms with Gasteiger partial charge in [-0.25, -0.2) is 8.42 Å². The second-order valence-electron chi connectivity index (χ2n) is 3.02. The fourth-order valence-electron chi connectivity index (χ4n) is 1.04. The number of alkyl halides is 2. The Morgan fingerprint density at radius 3 is 2.19 bits per heavy atom. The van der Waals surface area contributed by atoms with E-state index >= 15 is 0 Å². The summed E-state index contributed by atoms with van der Waals surface area (Å²) >= 11 is 0. The van der Waals surface area contributed by atoms with Crippen molar-refractivity contribution >= 4 is 9.84 Å². The Labute approximate surface area is 91.9 Å². The van der Waals surface area contributed by atoms with Crippen LogP contribution in [0.4, 0.5) is 8.78 Å². The predicted molar refractivity (Wildman–Crippen MR) is 54.2 cm³/mol. The Kier molecular flexibility index (Phi) is 3.49. The van der Waals surface area contributed by atoms with Gasteiger partial charge in [-0.2, -0.15) is 8.78 Å². The van der Waals surface area contributed by atoms with Gasteiger partial charge in [-0.1, -0.05) is 0 Å². The van der Waals surface area contributed by atoms with Crippen LogP contribution in [0.2, 0.25) is 0 Å². The summed E-state index contributed by atoms with van der Waals surface area (Å²) in [6.45, 7) is -1.25. The van der Waals surface area contributed by atoms with Gasteiger partial charge >= 0.3 is 5.25 Å². The summed E-state index contributed by atoms with van der Waals surface area (Å²) in [6.07, 6.45) is 0. The van der Waals surface area contributed by atoms with Crippen LogP contribution in [0.5, 0.6) is 5.75 Å². The number of nitrogens with two attached hydrogens (primary N) is 1. The van der Waals surface area contributed by atoms with Gasteiger partial charge in [0, 0.05) is 0 Å². The summed E-state index contributed by atoms with van der Waals surface area (Å²) in [4.78, 5) is -0.483. The molecular formula is C9H11F2NO3S. The third-order valence-electron chi connectivity index (χ3n) is 2.00. The van der Waals surface area contributed by atoms with Crippen molar-refractivity contribution in [3.8, 4) is 5.75 Å². The number of hydrogen-bond acceptors (Lipinski definition) is 4. The molecule has 0 aliphatic carbocycles. The van der Waals surface area contributed by atoms with Crippen molar-refractivity contribution in [2.75, 3.05) is 13.7 Å². The van der Waals surface area contributed by atoms with E-state index in [1.165, 1.54) is 19.2 Å². The zero-order chi connectivity index (χ0) is 12.4. The van der Waals surface area contributed by atoms with E-state index in [2.05, 4.69) is 0 Å². The Morgan fingerprint density at radius 1 is 1.31 bits per heavy atom. The van der Waals surface area contributed by atoms with E-state index in [4.69, 9.17) is 10.5 Å². The van der Waals surface area contributed by atoms with Gasteiger partial charge < -0.3 is 10.5 Å². The average molecular weight is 251 g/mol. The minimum Gasteiger partial charge on any atom is -0.497 e. The molecule has 1 aromatic rings. The summed E-state index contributed by atoms with van der Waals surface area (Å²) in [5, 5.41) is -3.96. The second-order valence-corrected chi connectivity index (χ2v) is 5.10. The van der Waals surface area contributed by atoms with Gasteiger partial charge in [0.15, 0.2) is 0 Å². The number of ether oxygens (including phenoxy) is 1. The van der Waals surface area contributed by atoms with Gasteiger partial charge in [0.2, 0.25) is 9.84 Å². The van der Waals surface area contributed by atoms with Crippen LogP contribution in [-0.4, -0.2) is 27.3 Å². The summed E-state index contributed by atoms with van der Waals surface area (Å²) in [6, 6.07) is 4.69. The monoisotopic (exact) mass is 251 g/mol. The Hall–Kier alpha value is -1.21. The fourth-order valence-corrected chi connectivity index (χ4v) is 2.10. The molecule has 0 aromatic heterocycles. The molecule has 0 bridgehead atoms. The summed E-state index contributed by atoms with van der Waals surface area (Å²) in [5.41, 5.74) is 4.73. The highest BCUT2D eigenvalue weighted by molar-refractivity contribution is 7.92. The van der Waals surface area contributed by atoms with E-state index in [1.54, 1.807) is 0 Å². The Bertz CT molecular complexity index is 456. The lowest BCUT2D eigenvalue weighted by atomic mass is 10.3. The molecule has 0 aliphatic rings. The fraction of sp³-hybridized carbons (Fsp3) is 0.333. The van der Waals surface area contributed by atoms with Gasteiger partial charge in [0.05, 0.1) is 18.6 Å². The molecule has 0 unspecified atom stereocenters. The van der Waals surface area contributed by atoms with Gasteiger partial charge in [0.1, 0.15) is 5.75 Å². The van der Waals surface area contributed by atoms with E-state index in [9.17, 15) is 17.2 Å². The average Bonchev–Trinajstić information content (AvgIpc) is 2.29. The number of halogens is 2.